The van der Waals surface area contributed by atoms with Gasteiger partial charge in [-0.1, -0.05) is 100 Å². The Kier molecular flexibility index (Phi) is 9.46. The summed E-state index contributed by atoms with van der Waals surface area (Å²) in [4.78, 5) is 4.68. The molecule has 15 aromatic rings. The summed E-state index contributed by atoms with van der Waals surface area (Å²) in [6, 6.07) is 72.0. The van der Waals surface area contributed by atoms with Crippen LogP contribution in [0, 0.1) is 6.92 Å². The van der Waals surface area contributed by atoms with Crippen molar-refractivity contribution in [3.05, 3.63) is 217 Å². The van der Waals surface area contributed by atoms with E-state index in [1.54, 1.807) is 0 Å². The van der Waals surface area contributed by atoms with E-state index in [1.807, 2.05) is 24.3 Å². The Morgan fingerprint density at radius 2 is 0.653 bits per heavy atom. The molecule has 0 aliphatic rings. The molecule has 0 unspecified atom stereocenters. The van der Waals surface area contributed by atoms with Crippen molar-refractivity contribution in [2.24, 2.45) is 0 Å². The SMILES string of the molecule is Cc1c2c(cc3oc4cc5cc(N(c6ccc(C(C)C)cc6)c6ccc7oc8ccccc8c7c6)ccc5cc4c13)oc1cc3cc(N(c4ccc(C(C)C)cc4)c4ccc5oc6ccccc6c5c4)ccc3cc12. The van der Waals surface area contributed by atoms with E-state index in [-0.39, 0.29) is 0 Å². The summed E-state index contributed by atoms with van der Waals surface area (Å²) in [5, 5.41) is 13.3. The molecule has 6 nitrogen and oxygen atoms in total. The summed E-state index contributed by atoms with van der Waals surface area (Å²) in [6.07, 6.45) is 0. The smallest absolute Gasteiger partial charge is 0.139 e. The molecule has 4 aromatic heterocycles. The van der Waals surface area contributed by atoms with Crippen molar-refractivity contribution in [2.45, 2.75) is 46.5 Å². The van der Waals surface area contributed by atoms with Crippen molar-refractivity contribution in [2.75, 3.05) is 9.80 Å². The molecule has 0 spiro atoms. The summed E-state index contributed by atoms with van der Waals surface area (Å²) in [6.45, 7) is 11.1. The molecule has 0 N–H and O–H groups in total. The Morgan fingerprint density at radius 1 is 0.280 bits per heavy atom. The Morgan fingerprint density at radius 3 is 1.09 bits per heavy atom. The lowest BCUT2D eigenvalue weighted by Crippen LogP contribution is -2.10. The predicted molar refractivity (Wildman–Crippen MR) is 313 cm³/mol. The van der Waals surface area contributed by atoms with Crippen molar-refractivity contribution < 1.29 is 17.7 Å². The monoisotopic (exact) mass is 970 g/mol. The molecule has 0 atom stereocenters. The highest BCUT2D eigenvalue weighted by Crippen LogP contribution is 2.46. The second-order valence-corrected chi connectivity index (χ2v) is 20.9. The van der Waals surface area contributed by atoms with Gasteiger partial charge in [-0.3, -0.25) is 0 Å². The van der Waals surface area contributed by atoms with Gasteiger partial charge in [0.25, 0.3) is 0 Å². The highest BCUT2D eigenvalue weighted by Gasteiger charge is 2.22. The second-order valence-electron chi connectivity index (χ2n) is 20.9. The molecule has 0 radical (unpaired) electrons. The molecule has 0 bridgehead atoms. The topological polar surface area (TPSA) is 59.0 Å². The first-order chi connectivity index (χ1) is 36.7. The molecule has 6 heteroatoms. The van der Waals surface area contributed by atoms with Crippen LogP contribution in [0.4, 0.5) is 34.1 Å². The number of nitrogens with zero attached hydrogens (tertiary/aromatic N) is 2. The zero-order valence-electron chi connectivity index (χ0n) is 42.2. The van der Waals surface area contributed by atoms with Crippen LogP contribution in [0.5, 0.6) is 0 Å². The first-order valence-corrected chi connectivity index (χ1v) is 26.0. The van der Waals surface area contributed by atoms with Crippen LogP contribution in [-0.4, -0.2) is 0 Å². The van der Waals surface area contributed by atoms with E-state index in [0.717, 1.165) is 149 Å². The molecule has 0 amide bonds. The zero-order chi connectivity index (χ0) is 50.2. The number of benzene rings is 11. The number of rotatable bonds is 8. The lowest BCUT2D eigenvalue weighted by Gasteiger charge is -2.26. The predicted octanol–water partition coefficient (Wildman–Crippen LogP) is 21.1. The molecule has 0 saturated carbocycles. The number of anilines is 6. The van der Waals surface area contributed by atoms with Crippen LogP contribution in [0.1, 0.15) is 56.2 Å². The molecule has 360 valence electrons. The minimum Gasteiger partial charge on any atom is -0.456 e. The minimum atomic E-state index is 0.433. The normalized spacial score (nSPS) is 12.3. The molecular formula is C69H50N2O4. The summed E-state index contributed by atoms with van der Waals surface area (Å²) in [7, 11) is 0. The molecule has 75 heavy (non-hydrogen) atoms. The van der Waals surface area contributed by atoms with Crippen LogP contribution in [0.2, 0.25) is 0 Å². The number of fused-ring (bicyclic) bond motifs is 14. The van der Waals surface area contributed by atoms with Gasteiger partial charge in [-0.05, 0) is 178 Å². The third kappa shape index (κ3) is 6.86. The standard InChI is InChI=1S/C69H50N2O4/c1-39(2)42-14-20-48(21-15-42)70(52-26-28-62-56(36-52)54-10-6-8-12-60(54)72-62)50-24-18-44-32-58-64(34-46(44)30-50)74-66-38-67-69(41(5)68(58)66)59-33-45-19-25-51(31-47(45)35-65(59)75-67)71(49-22-16-43(17-23-49)40(3)4)53-27-29-63-57(37-53)55-11-7-9-13-61(55)73-63/h6-40H,1-5H3. The first kappa shape index (κ1) is 43.3. The molecular weight excluding hydrogens is 921 g/mol. The van der Waals surface area contributed by atoms with Gasteiger partial charge in [0.2, 0.25) is 0 Å². The van der Waals surface area contributed by atoms with E-state index in [4.69, 9.17) is 17.7 Å². The van der Waals surface area contributed by atoms with E-state index < -0.39 is 0 Å². The Bertz CT molecular complexity index is 4490. The van der Waals surface area contributed by atoms with Crippen LogP contribution in [0.3, 0.4) is 0 Å². The maximum absolute atomic E-state index is 6.80. The maximum Gasteiger partial charge on any atom is 0.139 e. The van der Waals surface area contributed by atoms with Gasteiger partial charge in [0.1, 0.15) is 44.7 Å². The first-order valence-electron chi connectivity index (χ1n) is 26.0. The third-order valence-electron chi connectivity index (χ3n) is 15.7. The Balaban J connectivity index is 0.829. The number of hydrogen-bond donors (Lipinski definition) is 0. The third-order valence-corrected chi connectivity index (χ3v) is 15.7. The van der Waals surface area contributed by atoms with Gasteiger partial charge in [0, 0.05) is 83.3 Å². The molecule has 0 fully saturated rings. The van der Waals surface area contributed by atoms with Gasteiger partial charge >= 0.3 is 0 Å². The summed E-state index contributed by atoms with van der Waals surface area (Å²) in [5.41, 5.74) is 17.0. The fourth-order valence-corrected chi connectivity index (χ4v) is 11.8. The van der Waals surface area contributed by atoms with Crippen LogP contribution >= 0.6 is 0 Å². The quantitative estimate of drug-likeness (QED) is 0.151. The van der Waals surface area contributed by atoms with Crippen molar-refractivity contribution in [1.82, 2.24) is 0 Å². The van der Waals surface area contributed by atoms with Gasteiger partial charge in [0.05, 0.1) is 0 Å². The number of aryl methyl sites for hydroxylation is 1. The highest BCUT2D eigenvalue weighted by atomic mass is 16.3. The Labute approximate surface area is 432 Å². The number of furan rings is 4. The van der Waals surface area contributed by atoms with Crippen molar-refractivity contribution >= 4 is 143 Å². The van der Waals surface area contributed by atoms with Crippen molar-refractivity contribution in [3.8, 4) is 0 Å². The molecule has 0 aliphatic carbocycles. The summed E-state index contributed by atoms with van der Waals surface area (Å²) < 4.78 is 26.1. The van der Waals surface area contributed by atoms with E-state index in [1.165, 1.54) is 11.1 Å². The molecule has 0 aliphatic heterocycles. The molecule has 4 heterocycles. The van der Waals surface area contributed by atoms with E-state index in [2.05, 4.69) is 220 Å². The van der Waals surface area contributed by atoms with Gasteiger partial charge in [0.15, 0.2) is 0 Å². The maximum atomic E-state index is 6.80. The molecule has 11 aromatic carbocycles. The van der Waals surface area contributed by atoms with Crippen LogP contribution in [0.25, 0.3) is 109 Å². The summed E-state index contributed by atoms with van der Waals surface area (Å²) in [5.74, 6) is 0.865. The van der Waals surface area contributed by atoms with Crippen LogP contribution < -0.4 is 9.80 Å². The van der Waals surface area contributed by atoms with Crippen LogP contribution in [0.15, 0.2) is 218 Å². The van der Waals surface area contributed by atoms with E-state index in [9.17, 15) is 0 Å². The van der Waals surface area contributed by atoms with Crippen molar-refractivity contribution in [3.63, 3.8) is 0 Å². The molecule has 0 saturated heterocycles. The summed E-state index contributed by atoms with van der Waals surface area (Å²) >= 11 is 0. The van der Waals surface area contributed by atoms with Crippen molar-refractivity contribution in [1.29, 1.82) is 0 Å². The average Bonchev–Trinajstić information content (AvgIpc) is 4.21. The molecule has 15 rings (SSSR count). The van der Waals surface area contributed by atoms with E-state index >= 15 is 0 Å². The van der Waals surface area contributed by atoms with Gasteiger partial charge in [-0.15, -0.1) is 0 Å². The lowest BCUT2D eigenvalue weighted by molar-refractivity contribution is 0.656. The zero-order valence-corrected chi connectivity index (χ0v) is 42.2. The lowest BCUT2D eigenvalue weighted by atomic mass is 9.98. The van der Waals surface area contributed by atoms with E-state index in [0.29, 0.717) is 11.8 Å². The van der Waals surface area contributed by atoms with Gasteiger partial charge in [-0.2, -0.15) is 0 Å². The number of para-hydroxylation sites is 2. The second kappa shape index (κ2) is 16.4. The van der Waals surface area contributed by atoms with Gasteiger partial charge < -0.3 is 27.5 Å². The van der Waals surface area contributed by atoms with Gasteiger partial charge in [-0.25, -0.2) is 0 Å². The number of hydrogen-bond acceptors (Lipinski definition) is 6. The minimum absolute atomic E-state index is 0.433. The van der Waals surface area contributed by atoms with Crippen LogP contribution in [-0.2, 0) is 0 Å². The largest absolute Gasteiger partial charge is 0.456 e. The fraction of sp³-hybridized carbons (Fsp3) is 0.101. The highest BCUT2D eigenvalue weighted by molar-refractivity contribution is 6.21. The fourth-order valence-electron chi connectivity index (χ4n) is 11.8. The Hall–Kier alpha value is -9.26. The average molecular weight is 971 g/mol.